The lowest BCUT2D eigenvalue weighted by molar-refractivity contribution is -0.131. The van der Waals surface area contributed by atoms with Crippen LogP contribution >= 0.6 is 0 Å². The van der Waals surface area contributed by atoms with Gasteiger partial charge in [-0.15, -0.1) is 0 Å². The van der Waals surface area contributed by atoms with E-state index in [-0.39, 0.29) is 29.8 Å². The van der Waals surface area contributed by atoms with Gasteiger partial charge in [0, 0.05) is 64.1 Å². The SMILES string of the molecule is CC(C)N(C)S(=O)(=O)c1ccc(NC(=O)NCCC(=O)N2CCN(c3ccccn3)CC2)cc1. The molecule has 0 radical (unpaired) electrons. The zero-order chi connectivity index (χ0) is 24.7. The Morgan fingerprint density at radius 3 is 2.32 bits per heavy atom. The minimum Gasteiger partial charge on any atom is -0.353 e. The van der Waals surface area contributed by atoms with Gasteiger partial charge in [0.1, 0.15) is 5.82 Å². The molecule has 1 aliphatic rings. The van der Waals surface area contributed by atoms with E-state index in [0.29, 0.717) is 18.8 Å². The van der Waals surface area contributed by atoms with Crippen LogP contribution in [0.2, 0.25) is 0 Å². The first kappa shape index (κ1) is 25.4. The van der Waals surface area contributed by atoms with Gasteiger partial charge in [-0.1, -0.05) is 6.07 Å². The maximum atomic E-state index is 12.5. The molecule has 2 heterocycles. The number of hydrogen-bond donors (Lipinski definition) is 2. The second-order valence-corrected chi connectivity index (χ2v) is 10.3. The number of nitrogens with zero attached hydrogens (tertiary/aromatic N) is 4. The van der Waals surface area contributed by atoms with Crippen LogP contribution in [-0.4, -0.2) is 80.4 Å². The van der Waals surface area contributed by atoms with Crippen LogP contribution in [0, 0.1) is 0 Å². The van der Waals surface area contributed by atoms with E-state index in [0.717, 1.165) is 18.9 Å². The van der Waals surface area contributed by atoms with E-state index in [1.165, 1.54) is 35.6 Å². The van der Waals surface area contributed by atoms with Crippen molar-refractivity contribution < 1.29 is 18.0 Å². The first-order chi connectivity index (χ1) is 16.2. The quantitative estimate of drug-likeness (QED) is 0.587. The lowest BCUT2D eigenvalue weighted by atomic mass is 10.2. The third-order valence-corrected chi connectivity index (χ3v) is 7.79. The van der Waals surface area contributed by atoms with Gasteiger partial charge in [0.25, 0.3) is 0 Å². The van der Waals surface area contributed by atoms with Crippen molar-refractivity contribution in [3.05, 3.63) is 48.7 Å². The van der Waals surface area contributed by atoms with Gasteiger partial charge in [0.15, 0.2) is 0 Å². The van der Waals surface area contributed by atoms with Crippen molar-refractivity contribution in [3.63, 3.8) is 0 Å². The molecule has 0 atom stereocenters. The number of nitrogens with one attached hydrogen (secondary N) is 2. The summed E-state index contributed by atoms with van der Waals surface area (Å²) in [6.45, 7) is 6.46. The van der Waals surface area contributed by atoms with Gasteiger partial charge in [0.05, 0.1) is 4.90 Å². The van der Waals surface area contributed by atoms with Crippen LogP contribution in [0.25, 0.3) is 0 Å². The minimum absolute atomic E-state index is 0.00944. The largest absolute Gasteiger partial charge is 0.353 e. The summed E-state index contributed by atoms with van der Waals surface area (Å²) in [6.07, 6.45) is 1.96. The van der Waals surface area contributed by atoms with E-state index < -0.39 is 16.1 Å². The van der Waals surface area contributed by atoms with Crippen molar-refractivity contribution in [1.29, 1.82) is 0 Å². The molecular weight excluding hydrogens is 456 g/mol. The molecule has 1 aromatic carbocycles. The van der Waals surface area contributed by atoms with E-state index in [2.05, 4.69) is 20.5 Å². The Labute approximate surface area is 201 Å². The summed E-state index contributed by atoms with van der Waals surface area (Å²) in [6, 6.07) is 11.1. The topological polar surface area (TPSA) is 115 Å². The molecule has 11 heteroatoms. The molecule has 0 saturated carbocycles. The molecule has 2 aromatic rings. The average molecular weight is 489 g/mol. The van der Waals surface area contributed by atoms with Gasteiger partial charge in [-0.2, -0.15) is 4.31 Å². The molecule has 0 bridgehead atoms. The van der Waals surface area contributed by atoms with E-state index >= 15 is 0 Å². The summed E-state index contributed by atoms with van der Waals surface area (Å²) in [4.78, 5) is 33.1. The average Bonchev–Trinajstić information content (AvgIpc) is 2.84. The predicted octanol–water partition coefficient (Wildman–Crippen LogP) is 1.97. The molecule has 10 nitrogen and oxygen atoms in total. The fourth-order valence-corrected chi connectivity index (χ4v) is 4.86. The summed E-state index contributed by atoms with van der Waals surface area (Å²) >= 11 is 0. The zero-order valence-corrected chi connectivity index (χ0v) is 20.6. The Kier molecular flexibility index (Phi) is 8.46. The molecule has 34 heavy (non-hydrogen) atoms. The zero-order valence-electron chi connectivity index (χ0n) is 19.8. The van der Waals surface area contributed by atoms with Crippen LogP contribution in [-0.2, 0) is 14.8 Å². The highest BCUT2D eigenvalue weighted by molar-refractivity contribution is 7.89. The van der Waals surface area contributed by atoms with Crippen molar-refractivity contribution in [2.24, 2.45) is 0 Å². The molecule has 1 fully saturated rings. The van der Waals surface area contributed by atoms with Crippen molar-refractivity contribution in [2.45, 2.75) is 31.2 Å². The number of rotatable bonds is 8. The summed E-state index contributed by atoms with van der Waals surface area (Å²) in [5.74, 6) is 0.898. The van der Waals surface area contributed by atoms with Crippen molar-refractivity contribution in [3.8, 4) is 0 Å². The summed E-state index contributed by atoms with van der Waals surface area (Å²) in [5, 5.41) is 5.32. The summed E-state index contributed by atoms with van der Waals surface area (Å²) in [5.41, 5.74) is 0.459. The second kappa shape index (κ2) is 11.3. The number of amides is 3. The van der Waals surface area contributed by atoms with Crippen LogP contribution in [0.4, 0.5) is 16.3 Å². The molecule has 2 N–H and O–H groups in total. The van der Waals surface area contributed by atoms with E-state index in [4.69, 9.17) is 0 Å². The maximum Gasteiger partial charge on any atom is 0.319 e. The smallest absolute Gasteiger partial charge is 0.319 e. The molecule has 1 saturated heterocycles. The maximum absolute atomic E-state index is 12.5. The molecule has 1 aromatic heterocycles. The number of hydrogen-bond acceptors (Lipinski definition) is 6. The fraction of sp³-hybridized carbons (Fsp3) is 0.435. The third-order valence-electron chi connectivity index (χ3n) is 5.75. The van der Waals surface area contributed by atoms with Gasteiger partial charge >= 0.3 is 6.03 Å². The molecule has 184 valence electrons. The lowest BCUT2D eigenvalue weighted by Gasteiger charge is -2.35. The Morgan fingerprint density at radius 1 is 1.06 bits per heavy atom. The number of sulfonamides is 1. The Bertz CT molecular complexity index is 1070. The van der Waals surface area contributed by atoms with Gasteiger partial charge in [-0.25, -0.2) is 18.2 Å². The minimum atomic E-state index is -3.58. The van der Waals surface area contributed by atoms with E-state index in [1.807, 2.05) is 18.2 Å². The molecule has 3 rings (SSSR count). The third kappa shape index (κ3) is 6.45. The van der Waals surface area contributed by atoms with Crippen LogP contribution in [0.1, 0.15) is 20.3 Å². The Hall–Kier alpha value is -3.18. The van der Waals surface area contributed by atoms with Crippen LogP contribution in [0.15, 0.2) is 53.6 Å². The van der Waals surface area contributed by atoms with Crippen LogP contribution in [0.3, 0.4) is 0 Å². The summed E-state index contributed by atoms with van der Waals surface area (Å²) < 4.78 is 26.3. The van der Waals surface area contributed by atoms with Crippen molar-refractivity contribution >= 4 is 33.5 Å². The molecule has 1 aliphatic heterocycles. The normalized spacial score (nSPS) is 14.4. The standard InChI is InChI=1S/C23H32N6O4S/c1-18(2)27(3)34(32,33)20-9-7-19(8-10-20)26-23(31)25-13-11-22(30)29-16-14-28(15-17-29)21-6-4-5-12-24-21/h4-10,12,18H,11,13-17H2,1-3H3,(H2,25,26,31). The number of urea groups is 1. The van der Waals surface area contributed by atoms with Gasteiger partial charge < -0.3 is 20.4 Å². The van der Waals surface area contributed by atoms with E-state index in [1.54, 1.807) is 24.9 Å². The number of piperazine rings is 1. The second-order valence-electron chi connectivity index (χ2n) is 8.33. The monoisotopic (exact) mass is 488 g/mol. The highest BCUT2D eigenvalue weighted by Gasteiger charge is 2.23. The van der Waals surface area contributed by atoms with Gasteiger partial charge in [-0.3, -0.25) is 4.79 Å². The Balaban J connectivity index is 1.40. The predicted molar refractivity (Wildman–Crippen MR) is 131 cm³/mol. The van der Waals surface area contributed by atoms with Gasteiger partial charge in [0.2, 0.25) is 15.9 Å². The highest BCUT2D eigenvalue weighted by atomic mass is 32.2. The van der Waals surface area contributed by atoms with Gasteiger partial charge in [-0.05, 0) is 50.2 Å². The number of carbonyl (C=O) groups excluding carboxylic acids is 2. The fourth-order valence-electron chi connectivity index (χ4n) is 3.50. The number of carbonyl (C=O) groups is 2. The number of anilines is 2. The molecule has 0 unspecified atom stereocenters. The molecular formula is C23H32N6O4S. The first-order valence-electron chi connectivity index (χ1n) is 11.2. The lowest BCUT2D eigenvalue weighted by Crippen LogP contribution is -2.49. The van der Waals surface area contributed by atoms with Crippen LogP contribution in [0.5, 0.6) is 0 Å². The summed E-state index contributed by atoms with van der Waals surface area (Å²) in [7, 11) is -2.05. The van der Waals surface area contributed by atoms with Crippen LogP contribution < -0.4 is 15.5 Å². The Morgan fingerprint density at radius 2 is 1.74 bits per heavy atom. The number of pyridine rings is 1. The molecule has 0 spiro atoms. The van der Waals surface area contributed by atoms with E-state index in [9.17, 15) is 18.0 Å². The molecule has 3 amide bonds. The highest BCUT2D eigenvalue weighted by Crippen LogP contribution is 2.19. The number of benzene rings is 1. The first-order valence-corrected chi connectivity index (χ1v) is 12.7. The molecule has 0 aliphatic carbocycles. The number of aromatic nitrogens is 1. The van der Waals surface area contributed by atoms with Crippen molar-refractivity contribution in [2.75, 3.05) is 50.0 Å². The van der Waals surface area contributed by atoms with Crippen molar-refractivity contribution in [1.82, 2.24) is 19.5 Å².